The number of carbonyl (C=O) groups is 3. The summed E-state index contributed by atoms with van der Waals surface area (Å²) >= 11 is 1.37. The minimum atomic E-state index is -1.18. The van der Waals surface area contributed by atoms with E-state index in [2.05, 4.69) is 10.1 Å². The Kier molecular flexibility index (Phi) is 5.50. The fourth-order valence-corrected chi connectivity index (χ4v) is 2.28. The predicted octanol–water partition coefficient (Wildman–Crippen LogP) is 1.19. The van der Waals surface area contributed by atoms with Gasteiger partial charge in [0.15, 0.2) is 0 Å². The van der Waals surface area contributed by atoms with E-state index >= 15 is 0 Å². The SMILES string of the molecule is COC(=O)CC[C@@H](NC(=O)c1cscc1C)C(=O)O. The number of carboxylic acid groups (broad SMARTS) is 1. The first kappa shape index (κ1) is 15.2. The van der Waals surface area contributed by atoms with E-state index in [0.29, 0.717) is 5.56 Å². The zero-order valence-electron chi connectivity index (χ0n) is 10.6. The molecule has 7 heteroatoms. The number of aryl methyl sites for hydroxylation is 1. The topological polar surface area (TPSA) is 92.7 Å². The summed E-state index contributed by atoms with van der Waals surface area (Å²) in [6.07, 6.45) is -0.0622. The van der Waals surface area contributed by atoms with Crippen LogP contribution in [0.5, 0.6) is 0 Å². The Labute approximate surface area is 114 Å². The second kappa shape index (κ2) is 6.89. The summed E-state index contributed by atoms with van der Waals surface area (Å²) < 4.78 is 4.43. The Morgan fingerprint density at radius 1 is 1.42 bits per heavy atom. The fourth-order valence-electron chi connectivity index (χ4n) is 1.45. The number of esters is 1. The van der Waals surface area contributed by atoms with Gasteiger partial charge in [-0.05, 0) is 24.3 Å². The normalized spacial score (nSPS) is 11.7. The molecule has 0 aliphatic heterocycles. The van der Waals surface area contributed by atoms with E-state index in [-0.39, 0.29) is 12.8 Å². The molecular weight excluding hydrogens is 270 g/mol. The van der Waals surface area contributed by atoms with Gasteiger partial charge in [-0.2, -0.15) is 11.3 Å². The van der Waals surface area contributed by atoms with Crippen LogP contribution in [-0.2, 0) is 14.3 Å². The van der Waals surface area contributed by atoms with E-state index in [1.165, 1.54) is 18.4 Å². The molecule has 0 aromatic carbocycles. The Bertz CT molecular complexity index is 482. The lowest BCUT2D eigenvalue weighted by atomic mass is 10.1. The average Bonchev–Trinajstić information content (AvgIpc) is 2.79. The predicted molar refractivity (Wildman–Crippen MR) is 69.2 cm³/mol. The van der Waals surface area contributed by atoms with Gasteiger partial charge in [0.2, 0.25) is 0 Å². The van der Waals surface area contributed by atoms with E-state index < -0.39 is 23.9 Å². The Hall–Kier alpha value is -1.89. The molecule has 0 bridgehead atoms. The Morgan fingerprint density at radius 2 is 2.11 bits per heavy atom. The van der Waals surface area contributed by atoms with Gasteiger partial charge < -0.3 is 15.2 Å². The molecular formula is C12H15NO5S. The monoisotopic (exact) mass is 285 g/mol. The molecule has 0 fully saturated rings. The standard InChI is InChI=1S/C12H15NO5S/c1-7-5-19-6-8(7)11(15)13-9(12(16)17)3-4-10(14)18-2/h5-6,9H,3-4H2,1-2H3,(H,13,15)(H,16,17)/t9-/m1/s1. The molecule has 1 aromatic heterocycles. The number of aliphatic carboxylic acids is 1. The molecule has 0 aliphatic carbocycles. The van der Waals surface area contributed by atoms with Crippen LogP contribution in [0.2, 0.25) is 0 Å². The molecule has 1 rings (SSSR count). The summed E-state index contributed by atoms with van der Waals surface area (Å²) in [7, 11) is 1.23. The molecule has 0 unspecified atom stereocenters. The maximum atomic E-state index is 11.9. The lowest BCUT2D eigenvalue weighted by Crippen LogP contribution is -2.41. The minimum Gasteiger partial charge on any atom is -0.480 e. The van der Waals surface area contributed by atoms with Crippen molar-refractivity contribution in [3.05, 3.63) is 21.9 Å². The van der Waals surface area contributed by atoms with Crippen molar-refractivity contribution in [2.75, 3.05) is 7.11 Å². The number of hydrogen-bond donors (Lipinski definition) is 2. The molecule has 0 radical (unpaired) electrons. The molecule has 1 atom stereocenters. The summed E-state index contributed by atoms with van der Waals surface area (Å²) in [6.45, 7) is 1.77. The van der Waals surface area contributed by atoms with Crippen molar-refractivity contribution in [1.29, 1.82) is 0 Å². The van der Waals surface area contributed by atoms with Gasteiger partial charge in [-0.1, -0.05) is 0 Å². The van der Waals surface area contributed by atoms with Gasteiger partial charge in [0.25, 0.3) is 5.91 Å². The maximum absolute atomic E-state index is 11.9. The summed E-state index contributed by atoms with van der Waals surface area (Å²) in [4.78, 5) is 33.9. The lowest BCUT2D eigenvalue weighted by Gasteiger charge is -2.13. The first-order valence-electron chi connectivity index (χ1n) is 5.59. The van der Waals surface area contributed by atoms with Crippen molar-refractivity contribution < 1.29 is 24.2 Å². The number of thiophene rings is 1. The fraction of sp³-hybridized carbons (Fsp3) is 0.417. The Balaban J connectivity index is 2.64. The number of carbonyl (C=O) groups excluding carboxylic acids is 2. The smallest absolute Gasteiger partial charge is 0.326 e. The van der Waals surface area contributed by atoms with Gasteiger partial charge in [0.05, 0.1) is 12.7 Å². The third kappa shape index (κ3) is 4.36. The molecule has 19 heavy (non-hydrogen) atoms. The number of nitrogens with one attached hydrogen (secondary N) is 1. The van der Waals surface area contributed by atoms with Crippen LogP contribution in [-0.4, -0.2) is 36.1 Å². The molecule has 0 aliphatic rings. The zero-order valence-corrected chi connectivity index (χ0v) is 11.5. The van der Waals surface area contributed by atoms with E-state index in [1.54, 1.807) is 17.7 Å². The van der Waals surface area contributed by atoms with Crippen LogP contribution in [0.3, 0.4) is 0 Å². The van der Waals surface area contributed by atoms with Crippen LogP contribution in [0.4, 0.5) is 0 Å². The van der Waals surface area contributed by atoms with Gasteiger partial charge in [0.1, 0.15) is 6.04 Å². The lowest BCUT2D eigenvalue weighted by molar-refractivity contribution is -0.142. The van der Waals surface area contributed by atoms with E-state index in [1.807, 2.05) is 0 Å². The van der Waals surface area contributed by atoms with Crippen molar-refractivity contribution in [3.8, 4) is 0 Å². The van der Waals surface area contributed by atoms with E-state index in [9.17, 15) is 14.4 Å². The highest BCUT2D eigenvalue weighted by atomic mass is 32.1. The van der Waals surface area contributed by atoms with Crippen molar-refractivity contribution in [2.45, 2.75) is 25.8 Å². The quantitative estimate of drug-likeness (QED) is 0.766. The summed E-state index contributed by atoms with van der Waals surface area (Å²) in [5.41, 5.74) is 1.24. The molecule has 104 valence electrons. The van der Waals surface area contributed by atoms with Crippen LogP contribution in [0.1, 0.15) is 28.8 Å². The van der Waals surface area contributed by atoms with Crippen LogP contribution in [0.15, 0.2) is 10.8 Å². The molecule has 1 aromatic rings. The van der Waals surface area contributed by atoms with Crippen LogP contribution in [0.25, 0.3) is 0 Å². The highest BCUT2D eigenvalue weighted by molar-refractivity contribution is 7.08. The molecule has 6 nitrogen and oxygen atoms in total. The maximum Gasteiger partial charge on any atom is 0.326 e. The average molecular weight is 285 g/mol. The van der Waals surface area contributed by atoms with Gasteiger partial charge in [0, 0.05) is 11.8 Å². The highest BCUT2D eigenvalue weighted by Crippen LogP contribution is 2.14. The number of ether oxygens (including phenoxy) is 1. The molecule has 0 saturated heterocycles. The largest absolute Gasteiger partial charge is 0.480 e. The third-order valence-electron chi connectivity index (χ3n) is 2.57. The van der Waals surface area contributed by atoms with Crippen molar-refractivity contribution in [1.82, 2.24) is 5.32 Å². The summed E-state index contributed by atoms with van der Waals surface area (Å²) in [5.74, 6) is -2.13. The van der Waals surface area contributed by atoms with Crippen molar-refractivity contribution in [2.24, 2.45) is 0 Å². The van der Waals surface area contributed by atoms with Gasteiger partial charge in [-0.15, -0.1) is 0 Å². The van der Waals surface area contributed by atoms with Crippen LogP contribution < -0.4 is 5.32 Å². The summed E-state index contributed by atoms with van der Waals surface area (Å²) in [6, 6.07) is -1.11. The van der Waals surface area contributed by atoms with Crippen LogP contribution in [0, 0.1) is 6.92 Å². The molecule has 1 amide bonds. The molecule has 2 N–H and O–H groups in total. The molecule has 1 heterocycles. The molecule has 0 spiro atoms. The van der Waals surface area contributed by atoms with E-state index in [4.69, 9.17) is 5.11 Å². The molecule has 0 saturated carbocycles. The third-order valence-corrected chi connectivity index (χ3v) is 3.43. The van der Waals surface area contributed by atoms with Gasteiger partial charge in [-0.3, -0.25) is 9.59 Å². The number of amides is 1. The number of rotatable bonds is 6. The van der Waals surface area contributed by atoms with Gasteiger partial charge in [-0.25, -0.2) is 4.79 Å². The number of methoxy groups -OCH3 is 1. The zero-order chi connectivity index (χ0) is 14.4. The first-order valence-corrected chi connectivity index (χ1v) is 6.53. The van der Waals surface area contributed by atoms with Crippen LogP contribution >= 0.6 is 11.3 Å². The summed E-state index contributed by atoms with van der Waals surface area (Å²) in [5, 5.41) is 14.9. The van der Waals surface area contributed by atoms with E-state index in [0.717, 1.165) is 5.56 Å². The second-order valence-electron chi connectivity index (χ2n) is 3.95. The van der Waals surface area contributed by atoms with Crippen molar-refractivity contribution >= 4 is 29.2 Å². The van der Waals surface area contributed by atoms with Crippen molar-refractivity contribution in [3.63, 3.8) is 0 Å². The minimum absolute atomic E-state index is 0.00304. The van der Waals surface area contributed by atoms with Gasteiger partial charge >= 0.3 is 11.9 Å². The second-order valence-corrected chi connectivity index (χ2v) is 4.69. The number of carboxylic acids is 1. The first-order chi connectivity index (χ1) is 8.95. The highest BCUT2D eigenvalue weighted by Gasteiger charge is 2.22. The number of hydrogen-bond acceptors (Lipinski definition) is 5. The Morgan fingerprint density at radius 3 is 2.58 bits per heavy atom.